The van der Waals surface area contributed by atoms with Gasteiger partial charge in [-0.2, -0.15) is 0 Å². The molecule has 0 aliphatic heterocycles. The van der Waals surface area contributed by atoms with Crippen molar-refractivity contribution >= 4 is 24.9 Å². The van der Waals surface area contributed by atoms with Gasteiger partial charge in [0.05, 0.1) is 0 Å². The number of oxazole rings is 1. The minimum Gasteiger partial charge on any atom is -0.446 e. The van der Waals surface area contributed by atoms with Crippen molar-refractivity contribution in [3.8, 4) is 0 Å². The highest BCUT2D eigenvalue weighted by atomic mass is 32.2. The molecule has 1 heterocycles. The van der Waals surface area contributed by atoms with Gasteiger partial charge >= 0.3 is 0 Å². The molecule has 0 amide bonds. The van der Waals surface area contributed by atoms with Gasteiger partial charge in [0.1, 0.15) is 11.5 Å². The lowest BCUT2D eigenvalue weighted by atomic mass is 10.3. The molecular formula is C12H20NO3PS. The number of aromatic nitrogens is 1. The molecule has 102 valence electrons. The summed E-state index contributed by atoms with van der Waals surface area (Å²) >= 11 is 1.49. The van der Waals surface area contributed by atoms with Gasteiger partial charge in [0, 0.05) is 24.7 Å². The lowest BCUT2D eigenvalue weighted by molar-refractivity contribution is 0.459. The van der Waals surface area contributed by atoms with Gasteiger partial charge in [-0.3, -0.25) is 4.57 Å². The maximum Gasteiger partial charge on any atom is 0.247 e. The lowest BCUT2D eigenvalue weighted by Gasteiger charge is -2.17. The van der Waals surface area contributed by atoms with Gasteiger partial charge in [0.15, 0.2) is 11.6 Å². The van der Waals surface area contributed by atoms with Gasteiger partial charge in [-0.25, -0.2) is 4.98 Å². The predicted molar refractivity (Wildman–Crippen MR) is 77.2 cm³/mol. The molecule has 0 atom stereocenters. The zero-order valence-electron chi connectivity index (χ0n) is 11.5. The molecule has 0 N–H and O–H groups in total. The van der Waals surface area contributed by atoms with Crippen LogP contribution in [0.15, 0.2) is 9.83 Å². The number of hydrogen-bond acceptors (Lipinski definition) is 5. The van der Waals surface area contributed by atoms with E-state index >= 15 is 0 Å². The van der Waals surface area contributed by atoms with Crippen molar-refractivity contribution < 1.29 is 13.5 Å². The largest absolute Gasteiger partial charge is 0.446 e. The SMILES string of the molecule is CCP(=O)(CC)O/C(=C/SC)c1nc(C)oc1C. The van der Waals surface area contributed by atoms with E-state index in [-0.39, 0.29) is 0 Å². The van der Waals surface area contributed by atoms with Crippen LogP contribution in [-0.4, -0.2) is 23.6 Å². The summed E-state index contributed by atoms with van der Waals surface area (Å²) in [6.07, 6.45) is 2.96. The van der Waals surface area contributed by atoms with Crippen LogP contribution in [0, 0.1) is 13.8 Å². The monoisotopic (exact) mass is 289 g/mol. The zero-order valence-corrected chi connectivity index (χ0v) is 13.2. The van der Waals surface area contributed by atoms with E-state index in [1.807, 2.05) is 32.4 Å². The Morgan fingerprint density at radius 3 is 2.44 bits per heavy atom. The van der Waals surface area contributed by atoms with E-state index in [1.165, 1.54) is 11.8 Å². The minimum atomic E-state index is -2.61. The molecule has 0 unspecified atom stereocenters. The molecule has 0 saturated heterocycles. The van der Waals surface area contributed by atoms with Crippen molar-refractivity contribution in [3.05, 3.63) is 22.8 Å². The quantitative estimate of drug-likeness (QED) is 0.577. The summed E-state index contributed by atoms with van der Waals surface area (Å²) in [4.78, 5) is 4.29. The molecule has 0 spiro atoms. The van der Waals surface area contributed by atoms with Crippen LogP contribution < -0.4 is 0 Å². The Morgan fingerprint density at radius 1 is 1.44 bits per heavy atom. The average molecular weight is 289 g/mol. The fraction of sp³-hybridized carbons (Fsp3) is 0.583. The molecule has 0 aliphatic carbocycles. The first-order valence-electron chi connectivity index (χ1n) is 5.90. The van der Waals surface area contributed by atoms with Crippen molar-refractivity contribution in [1.29, 1.82) is 0 Å². The molecule has 1 aromatic heterocycles. The first kappa shape index (κ1) is 15.4. The molecule has 0 saturated carbocycles. The van der Waals surface area contributed by atoms with Crippen molar-refractivity contribution in [1.82, 2.24) is 4.98 Å². The number of hydrogen-bond donors (Lipinski definition) is 0. The Morgan fingerprint density at radius 2 is 2.06 bits per heavy atom. The van der Waals surface area contributed by atoms with E-state index < -0.39 is 7.37 Å². The molecule has 6 heteroatoms. The van der Waals surface area contributed by atoms with Crippen LogP contribution in [0.5, 0.6) is 0 Å². The fourth-order valence-corrected chi connectivity index (χ4v) is 3.17. The summed E-state index contributed by atoms with van der Waals surface area (Å²) in [6, 6.07) is 0. The molecule has 0 aliphatic rings. The summed E-state index contributed by atoms with van der Waals surface area (Å²) in [7, 11) is -2.61. The molecule has 1 aromatic rings. The number of nitrogens with zero attached hydrogens (tertiary/aromatic N) is 1. The van der Waals surface area contributed by atoms with Crippen LogP contribution in [0.2, 0.25) is 0 Å². The molecule has 0 bridgehead atoms. The average Bonchev–Trinajstić information content (AvgIpc) is 2.68. The van der Waals surface area contributed by atoms with Gasteiger partial charge < -0.3 is 8.94 Å². The third-order valence-electron chi connectivity index (χ3n) is 2.59. The van der Waals surface area contributed by atoms with E-state index in [9.17, 15) is 4.57 Å². The molecule has 0 fully saturated rings. The van der Waals surface area contributed by atoms with Crippen LogP contribution in [-0.2, 0) is 9.09 Å². The standard InChI is InChI=1S/C12H20NO3PS/c1-6-17(14,7-2)16-11(8-18-5)12-9(3)15-10(4)13-12/h8H,6-7H2,1-5H3/b11-8+. The van der Waals surface area contributed by atoms with Crippen LogP contribution in [0.1, 0.15) is 31.2 Å². The van der Waals surface area contributed by atoms with Crippen LogP contribution >= 0.6 is 19.1 Å². The van der Waals surface area contributed by atoms with Crippen LogP contribution in [0.3, 0.4) is 0 Å². The van der Waals surface area contributed by atoms with E-state index in [0.717, 1.165) is 0 Å². The first-order chi connectivity index (χ1) is 8.45. The van der Waals surface area contributed by atoms with Crippen molar-refractivity contribution in [2.24, 2.45) is 0 Å². The van der Waals surface area contributed by atoms with Crippen LogP contribution in [0.4, 0.5) is 0 Å². The fourth-order valence-electron chi connectivity index (χ4n) is 1.52. The van der Waals surface area contributed by atoms with Crippen molar-refractivity contribution in [2.45, 2.75) is 27.7 Å². The zero-order chi connectivity index (χ0) is 13.8. The lowest BCUT2D eigenvalue weighted by Crippen LogP contribution is -1.97. The first-order valence-corrected chi connectivity index (χ1v) is 9.19. The summed E-state index contributed by atoms with van der Waals surface area (Å²) in [5, 5.41) is 1.82. The van der Waals surface area contributed by atoms with Crippen molar-refractivity contribution in [2.75, 3.05) is 18.6 Å². The van der Waals surface area contributed by atoms with E-state index in [0.29, 0.717) is 35.4 Å². The highest BCUT2D eigenvalue weighted by molar-refractivity contribution is 8.01. The molecule has 0 aromatic carbocycles. The third-order valence-corrected chi connectivity index (χ3v) is 5.50. The number of aryl methyl sites for hydroxylation is 2. The Kier molecular flexibility index (Phi) is 5.54. The van der Waals surface area contributed by atoms with Crippen molar-refractivity contribution in [3.63, 3.8) is 0 Å². The highest BCUT2D eigenvalue weighted by Crippen LogP contribution is 2.50. The Labute approximate surface area is 113 Å². The van der Waals surface area contributed by atoms with E-state index in [2.05, 4.69) is 4.98 Å². The Hall–Kier alpha value is -0.670. The Balaban J connectivity index is 3.09. The normalized spacial score (nSPS) is 12.8. The minimum absolute atomic E-state index is 0.519. The van der Waals surface area contributed by atoms with Gasteiger partial charge in [0.2, 0.25) is 7.37 Å². The summed E-state index contributed by atoms with van der Waals surface area (Å²) < 4.78 is 23.5. The summed E-state index contributed by atoms with van der Waals surface area (Å²) in [5.41, 5.74) is 0.643. The molecular weight excluding hydrogens is 269 g/mol. The second-order valence-electron chi connectivity index (χ2n) is 3.89. The maximum atomic E-state index is 12.4. The number of thioether (sulfide) groups is 1. The van der Waals surface area contributed by atoms with E-state index in [1.54, 1.807) is 6.92 Å². The molecule has 1 rings (SSSR count). The molecule has 0 radical (unpaired) electrons. The van der Waals surface area contributed by atoms with Gasteiger partial charge in [0.25, 0.3) is 0 Å². The predicted octanol–water partition coefficient (Wildman–Crippen LogP) is 4.29. The second kappa shape index (κ2) is 6.48. The third kappa shape index (κ3) is 3.66. The Bertz CT molecular complexity index is 474. The molecule has 18 heavy (non-hydrogen) atoms. The highest BCUT2D eigenvalue weighted by Gasteiger charge is 2.24. The van der Waals surface area contributed by atoms with Gasteiger partial charge in [-0.1, -0.05) is 13.8 Å². The summed E-state index contributed by atoms with van der Waals surface area (Å²) in [6.45, 7) is 7.37. The molecule has 4 nitrogen and oxygen atoms in total. The maximum absolute atomic E-state index is 12.4. The van der Waals surface area contributed by atoms with E-state index in [4.69, 9.17) is 8.94 Å². The van der Waals surface area contributed by atoms with Gasteiger partial charge in [-0.05, 0) is 13.2 Å². The van der Waals surface area contributed by atoms with Crippen LogP contribution in [0.25, 0.3) is 5.76 Å². The smallest absolute Gasteiger partial charge is 0.247 e. The second-order valence-corrected chi connectivity index (χ2v) is 7.68. The topological polar surface area (TPSA) is 52.3 Å². The van der Waals surface area contributed by atoms with Gasteiger partial charge in [-0.15, -0.1) is 11.8 Å². The number of rotatable bonds is 6. The summed E-state index contributed by atoms with van der Waals surface area (Å²) in [5.74, 6) is 1.82.